The lowest BCUT2D eigenvalue weighted by Gasteiger charge is -2.07. The predicted octanol–water partition coefficient (Wildman–Crippen LogP) is 1.78. The van der Waals surface area contributed by atoms with Gasteiger partial charge in [0, 0.05) is 23.1 Å². The van der Waals surface area contributed by atoms with Crippen molar-refractivity contribution < 1.29 is 0 Å². The smallest absolute Gasteiger partial charge is 0.101 e. The molecule has 78 valence electrons. The van der Waals surface area contributed by atoms with Crippen LogP contribution >= 0.6 is 0 Å². The van der Waals surface area contributed by atoms with Gasteiger partial charge in [0.2, 0.25) is 0 Å². The Morgan fingerprint density at radius 3 is 2.75 bits per heavy atom. The summed E-state index contributed by atoms with van der Waals surface area (Å²) < 4.78 is 0. The molecular formula is C12H10N4. The van der Waals surface area contributed by atoms with E-state index < -0.39 is 0 Å². The Hall–Kier alpha value is -2.54. The lowest BCUT2D eigenvalue weighted by Crippen LogP contribution is -1.96. The third-order valence-electron chi connectivity index (χ3n) is 2.26. The van der Waals surface area contributed by atoms with Crippen LogP contribution in [0.5, 0.6) is 0 Å². The van der Waals surface area contributed by atoms with E-state index in [1.807, 2.05) is 0 Å². The average molecular weight is 210 g/mol. The molecule has 4 nitrogen and oxygen atoms in total. The first-order chi connectivity index (χ1) is 7.72. The maximum Gasteiger partial charge on any atom is 0.101 e. The number of nitrogen functional groups attached to an aromatic ring is 2. The molecule has 1 aromatic heterocycles. The summed E-state index contributed by atoms with van der Waals surface area (Å²) in [5.41, 5.74) is 14.4. The van der Waals surface area contributed by atoms with E-state index in [2.05, 4.69) is 11.1 Å². The van der Waals surface area contributed by atoms with E-state index in [9.17, 15) is 0 Å². The van der Waals surface area contributed by atoms with Crippen molar-refractivity contribution in [1.29, 1.82) is 5.26 Å². The van der Waals surface area contributed by atoms with E-state index in [1.165, 1.54) is 0 Å². The van der Waals surface area contributed by atoms with Crippen molar-refractivity contribution >= 4 is 11.4 Å². The summed E-state index contributed by atoms with van der Waals surface area (Å²) in [5.74, 6) is 0. The van der Waals surface area contributed by atoms with Crippen molar-refractivity contribution in [2.45, 2.75) is 0 Å². The van der Waals surface area contributed by atoms with Crippen LogP contribution in [0.4, 0.5) is 11.4 Å². The van der Waals surface area contributed by atoms with Crippen molar-refractivity contribution in [1.82, 2.24) is 4.98 Å². The number of hydrogen-bond acceptors (Lipinski definition) is 4. The third-order valence-corrected chi connectivity index (χ3v) is 2.26. The fraction of sp³-hybridized carbons (Fsp3) is 0. The van der Waals surface area contributed by atoms with Gasteiger partial charge in [0.05, 0.1) is 11.3 Å². The molecule has 0 atom stereocenters. The second-order valence-corrected chi connectivity index (χ2v) is 3.36. The molecule has 0 saturated heterocycles. The molecule has 0 bridgehead atoms. The maximum absolute atomic E-state index is 8.98. The SMILES string of the molecule is N#Cc1cccnc1-c1cc(N)ccc1N. The van der Waals surface area contributed by atoms with Crippen molar-refractivity contribution in [2.75, 3.05) is 11.5 Å². The Labute approximate surface area is 93.1 Å². The van der Waals surface area contributed by atoms with E-state index in [1.54, 1.807) is 36.5 Å². The molecule has 4 N–H and O–H groups in total. The minimum absolute atomic E-state index is 0.486. The second-order valence-electron chi connectivity index (χ2n) is 3.36. The van der Waals surface area contributed by atoms with Crippen LogP contribution in [-0.2, 0) is 0 Å². The predicted molar refractivity (Wildman–Crippen MR) is 63.2 cm³/mol. The topological polar surface area (TPSA) is 88.7 Å². The molecule has 0 aliphatic rings. The fourth-order valence-electron chi connectivity index (χ4n) is 1.49. The maximum atomic E-state index is 8.98. The highest BCUT2D eigenvalue weighted by Gasteiger charge is 2.09. The van der Waals surface area contributed by atoms with Gasteiger partial charge in [-0.2, -0.15) is 5.26 Å². The van der Waals surface area contributed by atoms with Crippen molar-refractivity contribution in [2.24, 2.45) is 0 Å². The van der Waals surface area contributed by atoms with E-state index >= 15 is 0 Å². The van der Waals surface area contributed by atoms with Crippen LogP contribution in [0.25, 0.3) is 11.3 Å². The van der Waals surface area contributed by atoms with Gasteiger partial charge in [0.15, 0.2) is 0 Å². The Balaban J connectivity index is 2.68. The number of nitrogens with zero attached hydrogens (tertiary/aromatic N) is 2. The second kappa shape index (κ2) is 3.91. The summed E-state index contributed by atoms with van der Waals surface area (Å²) in [6, 6.07) is 10.6. The van der Waals surface area contributed by atoms with E-state index in [-0.39, 0.29) is 0 Å². The van der Waals surface area contributed by atoms with Crippen LogP contribution < -0.4 is 11.5 Å². The zero-order valence-corrected chi connectivity index (χ0v) is 8.51. The van der Waals surface area contributed by atoms with Crippen LogP contribution in [0, 0.1) is 11.3 Å². The largest absolute Gasteiger partial charge is 0.399 e. The summed E-state index contributed by atoms with van der Waals surface area (Å²) in [4.78, 5) is 4.16. The standard InChI is InChI=1S/C12H10N4/c13-7-8-2-1-5-16-12(8)10-6-9(14)3-4-11(10)15/h1-6H,14-15H2. The van der Waals surface area contributed by atoms with Gasteiger partial charge in [-0.3, -0.25) is 4.98 Å². The van der Waals surface area contributed by atoms with Crippen LogP contribution in [0.2, 0.25) is 0 Å². The van der Waals surface area contributed by atoms with Crippen LogP contribution in [0.1, 0.15) is 5.56 Å². The summed E-state index contributed by atoms with van der Waals surface area (Å²) in [5, 5.41) is 8.98. The number of nitrogens with two attached hydrogens (primary N) is 2. The molecule has 0 radical (unpaired) electrons. The lowest BCUT2D eigenvalue weighted by atomic mass is 10.0. The Bertz CT molecular complexity index is 569. The van der Waals surface area contributed by atoms with Gasteiger partial charge in [-0.15, -0.1) is 0 Å². The molecule has 0 unspecified atom stereocenters. The zero-order chi connectivity index (χ0) is 11.5. The van der Waals surface area contributed by atoms with Gasteiger partial charge in [-0.25, -0.2) is 0 Å². The van der Waals surface area contributed by atoms with Crippen LogP contribution in [-0.4, -0.2) is 4.98 Å². The molecule has 4 heteroatoms. The normalized spacial score (nSPS) is 9.69. The molecule has 1 heterocycles. The number of anilines is 2. The number of nitriles is 1. The first kappa shape index (κ1) is 9.99. The van der Waals surface area contributed by atoms with Gasteiger partial charge in [-0.05, 0) is 30.3 Å². The zero-order valence-electron chi connectivity index (χ0n) is 8.51. The molecule has 1 aromatic carbocycles. The highest BCUT2D eigenvalue weighted by Crippen LogP contribution is 2.28. The Morgan fingerprint density at radius 2 is 2.00 bits per heavy atom. The molecule has 0 saturated carbocycles. The third kappa shape index (κ3) is 1.66. The Morgan fingerprint density at radius 1 is 1.19 bits per heavy atom. The van der Waals surface area contributed by atoms with Gasteiger partial charge in [-0.1, -0.05) is 0 Å². The molecular weight excluding hydrogens is 200 g/mol. The summed E-state index contributed by atoms with van der Waals surface area (Å²) in [6.45, 7) is 0. The minimum atomic E-state index is 0.486. The molecule has 2 aromatic rings. The van der Waals surface area contributed by atoms with Gasteiger partial charge < -0.3 is 11.5 Å². The summed E-state index contributed by atoms with van der Waals surface area (Å²) in [6.07, 6.45) is 1.62. The van der Waals surface area contributed by atoms with E-state index in [0.717, 1.165) is 0 Å². The average Bonchev–Trinajstić information content (AvgIpc) is 2.32. The monoisotopic (exact) mass is 210 g/mol. The highest BCUT2D eigenvalue weighted by atomic mass is 14.7. The van der Waals surface area contributed by atoms with E-state index in [0.29, 0.717) is 28.2 Å². The Kier molecular flexibility index (Phi) is 2.44. The molecule has 0 aliphatic heterocycles. The van der Waals surface area contributed by atoms with Crippen molar-refractivity contribution in [3.63, 3.8) is 0 Å². The number of benzene rings is 1. The first-order valence-corrected chi connectivity index (χ1v) is 4.73. The molecule has 0 fully saturated rings. The van der Waals surface area contributed by atoms with Gasteiger partial charge in [0.25, 0.3) is 0 Å². The summed E-state index contributed by atoms with van der Waals surface area (Å²) in [7, 11) is 0. The van der Waals surface area contributed by atoms with E-state index in [4.69, 9.17) is 16.7 Å². The highest BCUT2D eigenvalue weighted by molar-refractivity contribution is 5.80. The molecule has 0 aliphatic carbocycles. The number of hydrogen-bond donors (Lipinski definition) is 2. The molecule has 0 amide bonds. The molecule has 16 heavy (non-hydrogen) atoms. The molecule has 2 rings (SSSR count). The fourth-order valence-corrected chi connectivity index (χ4v) is 1.49. The van der Waals surface area contributed by atoms with Crippen molar-refractivity contribution in [3.8, 4) is 17.3 Å². The number of pyridine rings is 1. The summed E-state index contributed by atoms with van der Waals surface area (Å²) >= 11 is 0. The number of rotatable bonds is 1. The number of aromatic nitrogens is 1. The van der Waals surface area contributed by atoms with Crippen molar-refractivity contribution in [3.05, 3.63) is 42.1 Å². The minimum Gasteiger partial charge on any atom is -0.399 e. The molecule has 0 spiro atoms. The lowest BCUT2D eigenvalue weighted by molar-refractivity contribution is 1.30. The van der Waals surface area contributed by atoms with Crippen LogP contribution in [0.3, 0.4) is 0 Å². The van der Waals surface area contributed by atoms with Crippen LogP contribution in [0.15, 0.2) is 36.5 Å². The van der Waals surface area contributed by atoms with Gasteiger partial charge >= 0.3 is 0 Å². The first-order valence-electron chi connectivity index (χ1n) is 4.73. The quantitative estimate of drug-likeness (QED) is 0.702. The van der Waals surface area contributed by atoms with Gasteiger partial charge in [0.1, 0.15) is 6.07 Å².